The molecule has 19 heavy (non-hydrogen) atoms. The molecule has 0 fully saturated rings. The number of unbranched alkanes of at least 4 members (excludes halogenated alkanes) is 10. The topological polar surface area (TPSA) is 26.3 Å². The zero-order valence-electron chi connectivity index (χ0n) is 13.2. The lowest BCUT2D eigenvalue weighted by Gasteiger charge is -2.04. The van der Waals surface area contributed by atoms with Gasteiger partial charge < -0.3 is 4.52 Å². The molecule has 1 atom stereocenters. The van der Waals surface area contributed by atoms with Crippen molar-refractivity contribution < 1.29 is 9.09 Å². The maximum atomic E-state index is 11.5. The van der Waals surface area contributed by atoms with Crippen LogP contribution in [0.25, 0.3) is 0 Å². The summed E-state index contributed by atoms with van der Waals surface area (Å²) in [7, 11) is -1.72. The predicted octanol–water partition coefficient (Wildman–Crippen LogP) is 6.20. The fourth-order valence-corrected chi connectivity index (χ4v) is 3.21. The second kappa shape index (κ2) is 16.2. The number of hydrogen-bond donors (Lipinski definition) is 0. The van der Waals surface area contributed by atoms with Gasteiger partial charge in [-0.05, 0) is 12.8 Å². The van der Waals surface area contributed by atoms with Gasteiger partial charge in [-0.15, -0.1) is 0 Å². The quantitative estimate of drug-likeness (QED) is 0.265. The fraction of sp³-hybridized carbons (Fsp3) is 1.00. The van der Waals surface area contributed by atoms with Crippen molar-refractivity contribution in [1.82, 2.24) is 0 Å². The third-order valence-corrected chi connectivity index (χ3v) is 4.78. The van der Waals surface area contributed by atoms with Crippen molar-refractivity contribution in [2.24, 2.45) is 0 Å². The van der Waals surface area contributed by atoms with Gasteiger partial charge in [0.2, 0.25) is 0 Å². The Hall–Kier alpha value is 0.190. The van der Waals surface area contributed by atoms with E-state index in [4.69, 9.17) is 4.52 Å². The summed E-state index contributed by atoms with van der Waals surface area (Å²) < 4.78 is 16.8. The molecule has 1 unspecified atom stereocenters. The molecule has 116 valence electrons. The highest BCUT2D eigenvalue weighted by atomic mass is 31.1. The Bertz CT molecular complexity index is 195. The molecule has 0 bridgehead atoms. The molecule has 0 aromatic carbocycles. The molecule has 0 saturated carbocycles. The summed E-state index contributed by atoms with van der Waals surface area (Å²) in [5, 5.41) is 0. The van der Waals surface area contributed by atoms with Crippen LogP contribution in [0.5, 0.6) is 0 Å². The van der Waals surface area contributed by atoms with Gasteiger partial charge in [-0.2, -0.15) is 0 Å². The van der Waals surface area contributed by atoms with Crippen LogP contribution in [-0.4, -0.2) is 12.8 Å². The zero-order chi connectivity index (χ0) is 14.2. The first-order chi connectivity index (χ1) is 9.31. The van der Waals surface area contributed by atoms with Crippen molar-refractivity contribution >= 4 is 8.03 Å². The van der Waals surface area contributed by atoms with E-state index in [1.165, 1.54) is 57.8 Å². The molecular formula is C16H35O2P. The highest BCUT2D eigenvalue weighted by Gasteiger charge is 1.99. The summed E-state index contributed by atoms with van der Waals surface area (Å²) in [4.78, 5) is 0. The molecular weight excluding hydrogens is 255 g/mol. The maximum Gasteiger partial charge on any atom is 0.191 e. The van der Waals surface area contributed by atoms with Crippen LogP contribution in [0.1, 0.15) is 90.9 Å². The van der Waals surface area contributed by atoms with Crippen molar-refractivity contribution in [2.75, 3.05) is 12.8 Å². The molecule has 0 aliphatic heterocycles. The van der Waals surface area contributed by atoms with Gasteiger partial charge in [0, 0.05) is 6.16 Å². The third-order valence-electron chi connectivity index (χ3n) is 3.50. The van der Waals surface area contributed by atoms with E-state index in [1.807, 2.05) is 0 Å². The highest BCUT2D eigenvalue weighted by Crippen LogP contribution is 2.24. The average Bonchev–Trinajstić information content (AvgIpc) is 2.41. The Morgan fingerprint density at radius 1 is 0.684 bits per heavy atom. The van der Waals surface area contributed by atoms with Gasteiger partial charge in [-0.1, -0.05) is 78.1 Å². The Kier molecular flexibility index (Phi) is 16.4. The van der Waals surface area contributed by atoms with Gasteiger partial charge in [0.25, 0.3) is 0 Å². The van der Waals surface area contributed by atoms with Crippen molar-refractivity contribution in [3.05, 3.63) is 0 Å². The Morgan fingerprint density at radius 3 is 1.68 bits per heavy atom. The number of rotatable bonds is 15. The van der Waals surface area contributed by atoms with Crippen LogP contribution < -0.4 is 0 Å². The summed E-state index contributed by atoms with van der Waals surface area (Å²) in [5.41, 5.74) is 0. The van der Waals surface area contributed by atoms with Gasteiger partial charge in [0.15, 0.2) is 8.03 Å². The van der Waals surface area contributed by atoms with E-state index < -0.39 is 8.03 Å². The molecule has 2 nitrogen and oxygen atoms in total. The lowest BCUT2D eigenvalue weighted by molar-refractivity contribution is 0.320. The summed E-state index contributed by atoms with van der Waals surface area (Å²) in [6, 6.07) is 0. The molecule has 0 aromatic rings. The van der Waals surface area contributed by atoms with Gasteiger partial charge in [0.1, 0.15) is 0 Å². The zero-order valence-corrected chi connectivity index (χ0v) is 14.2. The first-order valence-corrected chi connectivity index (χ1v) is 9.99. The first-order valence-electron chi connectivity index (χ1n) is 8.46. The summed E-state index contributed by atoms with van der Waals surface area (Å²) in [5.74, 6) is 0. The van der Waals surface area contributed by atoms with Crippen molar-refractivity contribution in [1.29, 1.82) is 0 Å². The molecule has 0 saturated heterocycles. The van der Waals surface area contributed by atoms with Gasteiger partial charge in [-0.3, -0.25) is 4.57 Å². The van der Waals surface area contributed by atoms with Gasteiger partial charge >= 0.3 is 0 Å². The molecule has 0 aliphatic carbocycles. The average molecular weight is 290 g/mol. The lowest BCUT2D eigenvalue weighted by Crippen LogP contribution is -1.89. The van der Waals surface area contributed by atoms with Crippen LogP contribution in [-0.2, 0) is 9.09 Å². The van der Waals surface area contributed by atoms with E-state index in [-0.39, 0.29) is 0 Å². The number of hydrogen-bond acceptors (Lipinski definition) is 2. The second-order valence-corrected chi connectivity index (χ2v) is 7.04. The van der Waals surface area contributed by atoms with Crippen LogP contribution in [0.2, 0.25) is 0 Å². The summed E-state index contributed by atoms with van der Waals surface area (Å²) in [6.07, 6.45) is 16.2. The SMILES string of the molecule is CCCCCCCCCCCC[PH](=O)OCCCC. The molecule has 0 rings (SSSR count). The smallest absolute Gasteiger partial charge is 0.191 e. The van der Waals surface area contributed by atoms with Gasteiger partial charge in [-0.25, -0.2) is 0 Å². The highest BCUT2D eigenvalue weighted by molar-refractivity contribution is 7.39. The van der Waals surface area contributed by atoms with E-state index in [1.54, 1.807) is 0 Å². The molecule has 0 N–H and O–H groups in total. The van der Waals surface area contributed by atoms with Crippen molar-refractivity contribution in [2.45, 2.75) is 90.9 Å². The van der Waals surface area contributed by atoms with E-state index in [0.717, 1.165) is 25.4 Å². The molecule has 0 radical (unpaired) electrons. The Morgan fingerprint density at radius 2 is 1.16 bits per heavy atom. The largest absolute Gasteiger partial charge is 0.330 e. The van der Waals surface area contributed by atoms with Crippen molar-refractivity contribution in [3.63, 3.8) is 0 Å². The van der Waals surface area contributed by atoms with E-state index >= 15 is 0 Å². The fourth-order valence-electron chi connectivity index (χ4n) is 2.16. The molecule has 0 heterocycles. The Labute approximate surface area is 121 Å². The minimum absolute atomic E-state index is 0.687. The minimum Gasteiger partial charge on any atom is -0.330 e. The Balaban J connectivity index is 3.07. The molecule has 0 spiro atoms. The van der Waals surface area contributed by atoms with Crippen LogP contribution in [0.3, 0.4) is 0 Å². The van der Waals surface area contributed by atoms with E-state index in [2.05, 4.69) is 13.8 Å². The summed E-state index contributed by atoms with van der Waals surface area (Å²) in [6.45, 7) is 5.08. The van der Waals surface area contributed by atoms with Crippen LogP contribution in [0, 0.1) is 0 Å². The van der Waals surface area contributed by atoms with E-state index in [0.29, 0.717) is 6.61 Å². The minimum atomic E-state index is -1.72. The molecule has 0 aromatic heterocycles. The first kappa shape index (κ1) is 19.2. The normalized spacial score (nSPS) is 12.7. The van der Waals surface area contributed by atoms with Crippen molar-refractivity contribution in [3.8, 4) is 0 Å². The summed E-state index contributed by atoms with van der Waals surface area (Å²) >= 11 is 0. The maximum absolute atomic E-state index is 11.5. The lowest BCUT2D eigenvalue weighted by atomic mass is 10.1. The monoisotopic (exact) mass is 290 g/mol. The van der Waals surface area contributed by atoms with Crippen LogP contribution in [0.15, 0.2) is 0 Å². The van der Waals surface area contributed by atoms with Gasteiger partial charge in [0.05, 0.1) is 6.61 Å². The second-order valence-electron chi connectivity index (χ2n) is 5.51. The third kappa shape index (κ3) is 16.1. The van der Waals surface area contributed by atoms with Crippen LogP contribution >= 0.6 is 8.03 Å². The molecule has 0 amide bonds. The standard InChI is InChI=1S/C16H35O2P/c1-3-5-7-8-9-10-11-12-13-14-16-19(17)18-15-6-4-2/h19H,3-16H2,1-2H3. The van der Waals surface area contributed by atoms with Crippen LogP contribution in [0.4, 0.5) is 0 Å². The van der Waals surface area contributed by atoms with E-state index in [9.17, 15) is 4.57 Å². The molecule has 3 heteroatoms. The molecule has 0 aliphatic rings. The predicted molar refractivity (Wildman–Crippen MR) is 86.6 cm³/mol.